The van der Waals surface area contributed by atoms with Gasteiger partial charge in [0.1, 0.15) is 11.9 Å². The van der Waals surface area contributed by atoms with E-state index in [1.165, 1.54) is 0 Å². The lowest BCUT2D eigenvalue weighted by Crippen LogP contribution is -2.23. The molecule has 3 N–H and O–H groups in total. The van der Waals surface area contributed by atoms with Crippen molar-refractivity contribution in [3.8, 4) is 0 Å². The van der Waals surface area contributed by atoms with Crippen molar-refractivity contribution in [3.63, 3.8) is 0 Å². The highest BCUT2D eigenvalue weighted by molar-refractivity contribution is 7.90. The molecule has 0 saturated carbocycles. The van der Waals surface area contributed by atoms with Crippen molar-refractivity contribution in [2.24, 2.45) is 5.73 Å². The lowest BCUT2D eigenvalue weighted by Gasteiger charge is -2.11. The molecule has 88 valence electrons. The van der Waals surface area contributed by atoms with Gasteiger partial charge in [0.2, 0.25) is 0 Å². The van der Waals surface area contributed by atoms with Gasteiger partial charge < -0.3 is 10.8 Å². The van der Waals surface area contributed by atoms with Gasteiger partial charge in [0.25, 0.3) is 0 Å². The van der Waals surface area contributed by atoms with Gasteiger partial charge in [0.15, 0.2) is 9.84 Å². The van der Waals surface area contributed by atoms with E-state index in [-0.39, 0.29) is 10.5 Å². The molecule has 0 aromatic heterocycles. The van der Waals surface area contributed by atoms with Crippen molar-refractivity contribution in [1.82, 2.24) is 0 Å². The molecule has 7 heteroatoms. The molecule has 1 aromatic carbocycles. The molecule has 0 heterocycles. The van der Waals surface area contributed by atoms with Crippen LogP contribution in [0.5, 0.6) is 0 Å². The zero-order valence-corrected chi connectivity index (χ0v) is 9.16. The predicted octanol–water partition coefficient (Wildman–Crippen LogP) is 0.314. The van der Waals surface area contributed by atoms with Crippen molar-refractivity contribution in [2.45, 2.75) is 10.9 Å². The van der Waals surface area contributed by atoms with Gasteiger partial charge in [-0.25, -0.2) is 12.8 Å². The second-order valence-electron chi connectivity index (χ2n) is 3.27. The van der Waals surface area contributed by atoms with Crippen LogP contribution >= 0.6 is 0 Å². The average molecular weight is 247 g/mol. The molecule has 0 aliphatic carbocycles. The van der Waals surface area contributed by atoms with E-state index in [1.54, 1.807) is 0 Å². The van der Waals surface area contributed by atoms with Crippen LogP contribution < -0.4 is 5.73 Å². The maximum Gasteiger partial charge on any atom is 0.325 e. The van der Waals surface area contributed by atoms with Crippen LogP contribution in [-0.2, 0) is 14.6 Å². The number of benzene rings is 1. The van der Waals surface area contributed by atoms with Gasteiger partial charge in [0, 0.05) is 11.8 Å². The van der Waals surface area contributed by atoms with Gasteiger partial charge >= 0.3 is 5.97 Å². The van der Waals surface area contributed by atoms with Crippen molar-refractivity contribution in [3.05, 3.63) is 29.6 Å². The molecule has 1 rings (SSSR count). The van der Waals surface area contributed by atoms with Crippen LogP contribution in [0.25, 0.3) is 0 Å². The van der Waals surface area contributed by atoms with Crippen LogP contribution in [0.4, 0.5) is 4.39 Å². The first kappa shape index (κ1) is 12.6. The molecular weight excluding hydrogens is 237 g/mol. The Labute approximate surface area is 91.6 Å². The van der Waals surface area contributed by atoms with Crippen LogP contribution in [0.15, 0.2) is 23.1 Å². The van der Waals surface area contributed by atoms with Crippen molar-refractivity contribution in [1.29, 1.82) is 0 Å². The second-order valence-corrected chi connectivity index (χ2v) is 5.25. The summed E-state index contributed by atoms with van der Waals surface area (Å²) in [6, 6.07) is 1.19. The van der Waals surface area contributed by atoms with Crippen molar-refractivity contribution >= 4 is 15.8 Å². The van der Waals surface area contributed by atoms with E-state index >= 15 is 0 Å². The molecular formula is C9H10FNO4S. The van der Waals surface area contributed by atoms with E-state index in [9.17, 15) is 17.6 Å². The number of rotatable bonds is 3. The fraction of sp³-hybridized carbons (Fsp3) is 0.222. The van der Waals surface area contributed by atoms with Crippen LogP contribution in [0.2, 0.25) is 0 Å². The fourth-order valence-electron chi connectivity index (χ4n) is 1.23. The highest BCUT2D eigenvalue weighted by Gasteiger charge is 2.23. The Kier molecular flexibility index (Phi) is 3.30. The SMILES string of the molecule is CS(=O)(=O)c1ccc(F)cc1[C@H](N)C(=O)O. The molecule has 0 amide bonds. The number of sulfone groups is 1. The van der Waals surface area contributed by atoms with E-state index in [2.05, 4.69) is 0 Å². The fourth-order valence-corrected chi connectivity index (χ4v) is 2.16. The molecule has 0 unspecified atom stereocenters. The molecule has 0 aliphatic rings. The number of carboxylic acid groups (broad SMARTS) is 1. The number of aliphatic carboxylic acids is 1. The zero-order valence-electron chi connectivity index (χ0n) is 8.34. The van der Waals surface area contributed by atoms with Crippen LogP contribution in [-0.4, -0.2) is 25.7 Å². The minimum atomic E-state index is -3.64. The molecule has 1 aromatic rings. The summed E-state index contributed by atoms with van der Waals surface area (Å²) in [4.78, 5) is 10.4. The molecule has 0 saturated heterocycles. The molecule has 0 bridgehead atoms. The number of carboxylic acids is 1. The first-order chi connectivity index (χ1) is 7.23. The first-order valence-corrected chi connectivity index (χ1v) is 6.10. The number of hydrogen-bond acceptors (Lipinski definition) is 4. The minimum absolute atomic E-state index is 0.255. The maximum atomic E-state index is 12.9. The summed E-state index contributed by atoms with van der Waals surface area (Å²) in [5.41, 5.74) is 5.02. The zero-order chi connectivity index (χ0) is 12.5. The van der Waals surface area contributed by atoms with Crippen LogP contribution in [0.1, 0.15) is 11.6 Å². The third-order valence-corrected chi connectivity index (χ3v) is 3.14. The Morgan fingerprint density at radius 1 is 1.50 bits per heavy atom. The van der Waals surface area contributed by atoms with Gasteiger partial charge in [-0.05, 0) is 18.2 Å². The lowest BCUT2D eigenvalue weighted by molar-refractivity contribution is -0.138. The summed E-state index contributed by atoms with van der Waals surface area (Å²) < 4.78 is 35.6. The van der Waals surface area contributed by atoms with Crippen molar-refractivity contribution in [2.75, 3.05) is 6.26 Å². The maximum absolute atomic E-state index is 12.9. The molecule has 0 fully saturated rings. The normalized spacial score (nSPS) is 13.4. The van der Waals surface area contributed by atoms with Gasteiger partial charge in [-0.3, -0.25) is 4.79 Å². The van der Waals surface area contributed by atoms with E-state index in [0.29, 0.717) is 0 Å². The third-order valence-electron chi connectivity index (χ3n) is 1.97. The van der Waals surface area contributed by atoms with E-state index < -0.39 is 27.7 Å². The lowest BCUT2D eigenvalue weighted by atomic mass is 10.1. The summed E-state index contributed by atoms with van der Waals surface area (Å²) in [5, 5.41) is 8.67. The summed E-state index contributed by atoms with van der Waals surface area (Å²) >= 11 is 0. The molecule has 16 heavy (non-hydrogen) atoms. The summed E-state index contributed by atoms with van der Waals surface area (Å²) in [6.07, 6.45) is 0.901. The summed E-state index contributed by atoms with van der Waals surface area (Å²) in [5.74, 6) is -2.16. The number of nitrogens with two attached hydrogens (primary N) is 1. The largest absolute Gasteiger partial charge is 0.480 e. The van der Waals surface area contributed by atoms with Crippen LogP contribution in [0, 0.1) is 5.82 Å². The molecule has 1 atom stereocenters. The van der Waals surface area contributed by atoms with E-state index in [0.717, 1.165) is 24.5 Å². The Morgan fingerprint density at radius 2 is 2.06 bits per heavy atom. The van der Waals surface area contributed by atoms with Crippen molar-refractivity contribution < 1.29 is 22.7 Å². The highest BCUT2D eigenvalue weighted by atomic mass is 32.2. The first-order valence-electron chi connectivity index (χ1n) is 4.21. The summed E-state index contributed by atoms with van der Waals surface area (Å²) in [6.45, 7) is 0. The smallest absolute Gasteiger partial charge is 0.325 e. The Bertz CT molecular complexity index is 526. The van der Waals surface area contributed by atoms with Gasteiger partial charge in [0.05, 0.1) is 4.90 Å². The van der Waals surface area contributed by atoms with Gasteiger partial charge in [-0.2, -0.15) is 0 Å². The van der Waals surface area contributed by atoms with Gasteiger partial charge in [-0.15, -0.1) is 0 Å². The van der Waals surface area contributed by atoms with Crippen LogP contribution in [0.3, 0.4) is 0 Å². The van der Waals surface area contributed by atoms with Gasteiger partial charge in [-0.1, -0.05) is 0 Å². The minimum Gasteiger partial charge on any atom is -0.480 e. The number of hydrogen-bond donors (Lipinski definition) is 2. The summed E-state index contributed by atoms with van der Waals surface area (Å²) in [7, 11) is -3.64. The molecule has 0 aliphatic heterocycles. The number of carbonyl (C=O) groups is 1. The molecule has 5 nitrogen and oxygen atoms in total. The van der Waals surface area contributed by atoms with E-state index in [4.69, 9.17) is 10.8 Å². The Balaban J connectivity index is 3.47. The topological polar surface area (TPSA) is 97.5 Å². The second kappa shape index (κ2) is 4.18. The third kappa shape index (κ3) is 2.56. The average Bonchev–Trinajstić information content (AvgIpc) is 2.14. The Hall–Kier alpha value is -1.47. The molecule has 0 radical (unpaired) electrons. The quantitative estimate of drug-likeness (QED) is 0.749. The number of halogens is 1. The standard InChI is InChI=1S/C9H10FNO4S/c1-16(14,15)7-3-2-5(10)4-6(7)8(11)9(12)13/h2-4,8H,11H2,1H3,(H,12,13)/t8-/m0/s1. The molecule has 0 spiro atoms. The monoisotopic (exact) mass is 247 g/mol. The van der Waals surface area contributed by atoms with E-state index in [1.807, 2.05) is 0 Å². The predicted molar refractivity (Wildman–Crippen MR) is 54.1 cm³/mol. The Morgan fingerprint density at radius 3 is 2.50 bits per heavy atom. The highest BCUT2D eigenvalue weighted by Crippen LogP contribution is 2.22.